The number of ether oxygens (including phenoxy) is 1. The maximum atomic E-state index is 10.5. The number of hydrogen-bond acceptors (Lipinski definition) is 3. The Morgan fingerprint density at radius 2 is 2.62 bits per heavy atom. The van der Waals surface area contributed by atoms with Gasteiger partial charge in [-0.05, 0) is 0 Å². The molecule has 0 unspecified atom stereocenters. The van der Waals surface area contributed by atoms with Crippen molar-refractivity contribution >= 4 is 17.7 Å². The van der Waals surface area contributed by atoms with E-state index in [0.29, 0.717) is 5.94 Å². The number of carbonyl (C=O) groups excluding carboxylic acids is 1. The van der Waals surface area contributed by atoms with E-state index in [-0.39, 0.29) is 12.0 Å². The Morgan fingerprint density at radius 3 is 3.00 bits per heavy atom. The minimum absolute atomic E-state index is 0.145. The number of esters is 1. The van der Waals surface area contributed by atoms with Crippen LogP contribution in [0.5, 0.6) is 0 Å². The topological polar surface area (TPSA) is 53.9 Å². The molecule has 0 aromatic carbocycles. The molecule has 0 spiro atoms. The molecule has 3 nitrogen and oxygen atoms in total. The lowest BCUT2D eigenvalue weighted by Crippen LogP contribution is -2.67. The highest BCUT2D eigenvalue weighted by Gasteiger charge is 2.22. The second kappa shape index (κ2) is 2.37. The Hall–Kier alpha value is -0.220. The molecule has 1 aliphatic heterocycles. The first-order valence-electron chi connectivity index (χ1n) is 2.38. The molecule has 1 atom stereocenters. The smallest absolute Gasteiger partial charge is 0.366 e. The molecule has 0 saturated carbocycles. The van der Waals surface area contributed by atoms with Crippen molar-refractivity contribution in [3.8, 4) is 0 Å². The average Bonchev–Trinajstić information content (AvgIpc) is 1.77. The van der Waals surface area contributed by atoms with Crippen molar-refractivity contribution in [2.24, 2.45) is 0 Å². The number of carbonyl (C=O) groups is 1. The molecule has 0 aromatic heterocycles. The quantitative estimate of drug-likeness (QED) is 0.425. The van der Waals surface area contributed by atoms with E-state index in [1.54, 1.807) is 11.8 Å². The number of thioether (sulfide) groups is 1. The first-order chi connectivity index (χ1) is 3.80. The zero-order chi connectivity index (χ0) is 5.98. The van der Waals surface area contributed by atoms with Gasteiger partial charge >= 0.3 is 5.97 Å². The van der Waals surface area contributed by atoms with Crippen LogP contribution in [0.4, 0.5) is 0 Å². The summed E-state index contributed by atoms with van der Waals surface area (Å²) in [6.07, 6.45) is 0. The number of hydrogen-bond donors (Lipinski definition) is 1. The fraction of sp³-hybridized carbons (Fsp3) is 0.750. The van der Waals surface area contributed by atoms with Crippen LogP contribution >= 0.6 is 11.8 Å². The molecule has 0 bridgehead atoms. The molecule has 1 rings (SSSR count). The van der Waals surface area contributed by atoms with Crippen molar-refractivity contribution in [2.45, 2.75) is 6.04 Å². The number of rotatable bonds is 0. The minimum atomic E-state index is -0.163. The van der Waals surface area contributed by atoms with E-state index in [9.17, 15) is 4.79 Å². The lowest BCUT2D eigenvalue weighted by Gasteiger charge is -2.12. The summed E-state index contributed by atoms with van der Waals surface area (Å²) in [5.74, 6) is 1.15. The van der Waals surface area contributed by atoms with E-state index in [1.807, 2.05) is 0 Å². The van der Waals surface area contributed by atoms with E-state index < -0.39 is 0 Å². The van der Waals surface area contributed by atoms with Crippen LogP contribution in [0.25, 0.3) is 0 Å². The molecule has 0 amide bonds. The summed E-state index contributed by atoms with van der Waals surface area (Å²) in [5.41, 5.74) is 3.58. The first kappa shape index (κ1) is 5.91. The predicted molar refractivity (Wildman–Crippen MR) is 30.1 cm³/mol. The molecule has 1 fully saturated rings. The molecule has 3 N–H and O–H groups in total. The summed E-state index contributed by atoms with van der Waals surface area (Å²) in [7, 11) is 0. The molecule has 46 valence electrons. The van der Waals surface area contributed by atoms with Gasteiger partial charge < -0.3 is 10.5 Å². The Morgan fingerprint density at radius 1 is 1.88 bits per heavy atom. The molecule has 4 heteroatoms. The van der Waals surface area contributed by atoms with Gasteiger partial charge in [0.1, 0.15) is 5.94 Å². The van der Waals surface area contributed by atoms with Crippen LogP contribution in [0.1, 0.15) is 0 Å². The Bertz CT molecular complexity index is 106. The van der Waals surface area contributed by atoms with Gasteiger partial charge in [-0.2, -0.15) is 0 Å². The van der Waals surface area contributed by atoms with E-state index in [0.717, 1.165) is 5.75 Å². The third-order valence-corrected chi connectivity index (χ3v) is 1.86. The van der Waals surface area contributed by atoms with Crippen molar-refractivity contribution in [3.05, 3.63) is 0 Å². The molecule has 0 aliphatic carbocycles. The van der Waals surface area contributed by atoms with Crippen molar-refractivity contribution in [1.29, 1.82) is 0 Å². The third kappa shape index (κ3) is 1.14. The molecular formula is C4H8NO2S+. The molecule has 1 aliphatic rings. The van der Waals surface area contributed by atoms with Crippen LogP contribution in [-0.2, 0) is 9.53 Å². The fourth-order valence-electron chi connectivity index (χ4n) is 0.476. The molecular weight excluding hydrogens is 126 g/mol. The predicted octanol–water partition coefficient (Wildman–Crippen LogP) is -1.16. The van der Waals surface area contributed by atoms with Crippen LogP contribution in [0, 0.1) is 0 Å². The Balaban J connectivity index is 2.39. The zero-order valence-electron chi connectivity index (χ0n) is 4.42. The SMILES string of the molecule is [NH3+][C@@H]1CSCOC1=O. The summed E-state index contributed by atoms with van der Waals surface area (Å²) in [5, 5.41) is 0. The fourth-order valence-corrected chi connectivity index (χ4v) is 1.19. The van der Waals surface area contributed by atoms with Crippen LogP contribution in [0.2, 0.25) is 0 Å². The van der Waals surface area contributed by atoms with E-state index >= 15 is 0 Å². The van der Waals surface area contributed by atoms with E-state index in [1.165, 1.54) is 0 Å². The van der Waals surface area contributed by atoms with Gasteiger partial charge in [0.2, 0.25) is 0 Å². The minimum Gasteiger partial charge on any atom is -0.450 e. The summed E-state index contributed by atoms with van der Waals surface area (Å²) < 4.78 is 4.65. The van der Waals surface area contributed by atoms with Crippen molar-refractivity contribution in [1.82, 2.24) is 0 Å². The zero-order valence-corrected chi connectivity index (χ0v) is 5.24. The van der Waals surface area contributed by atoms with Gasteiger partial charge in [0.15, 0.2) is 6.04 Å². The van der Waals surface area contributed by atoms with Gasteiger partial charge in [0, 0.05) is 0 Å². The largest absolute Gasteiger partial charge is 0.450 e. The summed E-state index contributed by atoms with van der Waals surface area (Å²) in [6.45, 7) is 0. The summed E-state index contributed by atoms with van der Waals surface area (Å²) >= 11 is 1.60. The second-order valence-electron chi connectivity index (χ2n) is 1.65. The first-order valence-corrected chi connectivity index (χ1v) is 3.53. The monoisotopic (exact) mass is 134 g/mol. The molecule has 8 heavy (non-hydrogen) atoms. The van der Waals surface area contributed by atoms with Gasteiger partial charge in [-0.15, -0.1) is 11.8 Å². The normalized spacial score (nSPS) is 29.6. The highest BCUT2D eigenvalue weighted by Crippen LogP contribution is 2.08. The van der Waals surface area contributed by atoms with Gasteiger partial charge in [0.05, 0.1) is 5.75 Å². The van der Waals surface area contributed by atoms with Crippen molar-refractivity contribution in [3.63, 3.8) is 0 Å². The van der Waals surface area contributed by atoms with Crippen LogP contribution in [0.3, 0.4) is 0 Å². The Kier molecular flexibility index (Phi) is 1.75. The highest BCUT2D eigenvalue weighted by atomic mass is 32.2. The number of cyclic esters (lactones) is 1. The van der Waals surface area contributed by atoms with Gasteiger partial charge in [0.25, 0.3) is 0 Å². The van der Waals surface area contributed by atoms with E-state index in [2.05, 4.69) is 10.5 Å². The second-order valence-corrected chi connectivity index (χ2v) is 2.63. The number of quaternary nitrogens is 1. The standard InChI is InChI=1S/C4H7NO2S/c5-3-1-8-2-7-4(3)6/h3H,1-2,5H2/p+1/t3-/m1/s1. The van der Waals surface area contributed by atoms with Gasteiger partial charge in [-0.25, -0.2) is 4.79 Å². The van der Waals surface area contributed by atoms with Crippen LogP contribution in [-0.4, -0.2) is 23.7 Å². The van der Waals surface area contributed by atoms with Crippen molar-refractivity contribution < 1.29 is 15.3 Å². The molecule has 0 radical (unpaired) electrons. The van der Waals surface area contributed by atoms with E-state index in [4.69, 9.17) is 0 Å². The molecule has 1 heterocycles. The lowest BCUT2D eigenvalue weighted by molar-refractivity contribution is -0.401. The lowest BCUT2D eigenvalue weighted by atomic mass is 10.4. The summed E-state index contributed by atoms with van der Waals surface area (Å²) in [6, 6.07) is -0.145. The van der Waals surface area contributed by atoms with Gasteiger partial charge in [-0.1, -0.05) is 0 Å². The van der Waals surface area contributed by atoms with Crippen molar-refractivity contribution in [2.75, 3.05) is 11.7 Å². The highest BCUT2D eigenvalue weighted by molar-refractivity contribution is 7.99. The summed E-state index contributed by atoms with van der Waals surface area (Å²) in [4.78, 5) is 10.5. The van der Waals surface area contributed by atoms with Crippen LogP contribution < -0.4 is 5.73 Å². The molecule has 1 saturated heterocycles. The average molecular weight is 134 g/mol. The molecule has 0 aromatic rings. The van der Waals surface area contributed by atoms with Crippen LogP contribution in [0.15, 0.2) is 0 Å². The Labute approximate surface area is 51.6 Å². The van der Waals surface area contributed by atoms with Gasteiger partial charge in [-0.3, -0.25) is 0 Å². The third-order valence-electron chi connectivity index (χ3n) is 0.937. The maximum absolute atomic E-state index is 10.5. The maximum Gasteiger partial charge on any atom is 0.366 e.